The number of pyridine rings is 1. The highest BCUT2D eigenvalue weighted by molar-refractivity contribution is 5.98. The molecule has 0 spiro atoms. The molecule has 2 aromatic rings. The molecule has 0 amide bonds. The Balaban J connectivity index is 2.32. The number of nitrogen functional groups attached to an aromatic ring is 1. The molecule has 1 aromatic heterocycles. The average Bonchev–Trinajstić information content (AvgIpc) is 2.39. The lowest BCUT2D eigenvalue weighted by atomic mass is 10.1. The van der Waals surface area contributed by atoms with Gasteiger partial charge in [-0.05, 0) is 36.2 Å². The number of nitrogens with zero attached hydrogens (tertiary/aromatic N) is 1. The van der Waals surface area contributed by atoms with Crippen molar-refractivity contribution in [3.05, 3.63) is 53.2 Å². The summed E-state index contributed by atoms with van der Waals surface area (Å²) in [5.41, 5.74) is 7.97. The number of methoxy groups -OCH3 is 1. The van der Waals surface area contributed by atoms with E-state index in [4.69, 9.17) is 20.6 Å². The first-order valence-electron chi connectivity index (χ1n) is 6.17. The summed E-state index contributed by atoms with van der Waals surface area (Å²) in [6.07, 6.45) is 1.64. The maximum atomic E-state index is 7.63. The van der Waals surface area contributed by atoms with Crippen LogP contribution in [0.4, 0.5) is 0 Å². The molecule has 1 heterocycles. The topological polar surface area (TPSA) is 81.2 Å². The van der Waals surface area contributed by atoms with Crippen LogP contribution in [0.2, 0.25) is 0 Å². The zero-order valence-corrected chi connectivity index (χ0v) is 11.5. The molecule has 1 aromatic carbocycles. The van der Waals surface area contributed by atoms with E-state index in [0.29, 0.717) is 23.8 Å². The molecule has 104 valence electrons. The van der Waals surface area contributed by atoms with Crippen LogP contribution in [0.1, 0.15) is 16.7 Å². The van der Waals surface area contributed by atoms with Gasteiger partial charge in [-0.3, -0.25) is 5.41 Å². The van der Waals surface area contributed by atoms with E-state index in [0.717, 1.165) is 11.1 Å². The third-order valence-electron chi connectivity index (χ3n) is 2.82. The van der Waals surface area contributed by atoms with Crippen LogP contribution in [0, 0.1) is 12.3 Å². The fourth-order valence-electron chi connectivity index (χ4n) is 1.92. The van der Waals surface area contributed by atoms with Crippen LogP contribution in [-0.2, 0) is 11.3 Å². The molecule has 5 nitrogen and oxygen atoms in total. The summed E-state index contributed by atoms with van der Waals surface area (Å²) in [4.78, 5) is 4.16. The number of ether oxygens (including phenoxy) is 2. The minimum absolute atomic E-state index is 0.0568. The SMILES string of the molecule is COCc1cccc(Oc2nccc(C)c2C(=N)N)c1. The molecule has 3 N–H and O–H groups in total. The zero-order valence-electron chi connectivity index (χ0n) is 11.5. The van der Waals surface area contributed by atoms with Crippen LogP contribution in [-0.4, -0.2) is 17.9 Å². The highest BCUT2D eigenvalue weighted by Crippen LogP contribution is 2.25. The predicted octanol–water partition coefficient (Wildman–Crippen LogP) is 2.61. The van der Waals surface area contributed by atoms with E-state index in [9.17, 15) is 0 Å². The average molecular weight is 271 g/mol. The van der Waals surface area contributed by atoms with E-state index in [-0.39, 0.29) is 5.84 Å². The van der Waals surface area contributed by atoms with Crippen LogP contribution in [0.25, 0.3) is 0 Å². The molecule has 0 saturated carbocycles. The van der Waals surface area contributed by atoms with Crippen LogP contribution in [0.5, 0.6) is 11.6 Å². The van der Waals surface area contributed by atoms with Crippen molar-refractivity contribution in [3.63, 3.8) is 0 Å². The fourth-order valence-corrected chi connectivity index (χ4v) is 1.92. The quantitative estimate of drug-likeness (QED) is 0.647. The normalized spacial score (nSPS) is 10.3. The van der Waals surface area contributed by atoms with Gasteiger partial charge in [-0.25, -0.2) is 4.98 Å². The van der Waals surface area contributed by atoms with Gasteiger partial charge in [0.2, 0.25) is 5.88 Å². The lowest BCUT2D eigenvalue weighted by Crippen LogP contribution is -2.14. The molecule has 0 radical (unpaired) electrons. The number of hydrogen-bond acceptors (Lipinski definition) is 4. The van der Waals surface area contributed by atoms with Crippen molar-refractivity contribution in [1.29, 1.82) is 5.41 Å². The molecular weight excluding hydrogens is 254 g/mol. The minimum Gasteiger partial charge on any atom is -0.438 e. The van der Waals surface area contributed by atoms with Gasteiger partial charge in [-0.1, -0.05) is 12.1 Å². The highest BCUT2D eigenvalue weighted by atomic mass is 16.5. The number of aromatic nitrogens is 1. The Hall–Kier alpha value is -2.40. The smallest absolute Gasteiger partial charge is 0.230 e. The van der Waals surface area contributed by atoms with E-state index >= 15 is 0 Å². The summed E-state index contributed by atoms with van der Waals surface area (Å²) >= 11 is 0. The fraction of sp³-hybridized carbons (Fsp3) is 0.200. The first-order chi connectivity index (χ1) is 9.61. The third kappa shape index (κ3) is 3.13. The van der Waals surface area contributed by atoms with Crippen molar-refractivity contribution in [1.82, 2.24) is 4.98 Å². The Morgan fingerprint density at radius 2 is 2.15 bits per heavy atom. The number of amidine groups is 1. The third-order valence-corrected chi connectivity index (χ3v) is 2.82. The highest BCUT2D eigenvalue weighted by Gasteiger charge is 2.12. The van der Waals surface area contributed by atoms with E-state index in [1.54, 1.807) is 19.4 Å². The van der Waals surface area contributed by atoms with Crippen molar-refractivity contribution in [2.75, 3.05) is 7.11 Å². The molecule has 0 aliphatic carbocycles. The Morgan fingerprint density at radius 1 is 1.35 bits per heavy atom. The zero-order chi connectivity index (χ0) is 14.5. The molecule has 20 heavy (non-hydrogen) atoms. The monoisotopic (exact) mass is 271 g/mol. The summed E-state index contributed by atoms with van der Waals surface area (Å²) in [6.45, 7) is 2.38. The molecule has 0 unspecified atom stereocenters. The summed E-state index contributed by atoms with van der Waals surface area (Å²) in [6, 6.07) is 9.33. The molecule has 0 atom stereocenters. The number of benzene rings is 1. The number of nitrogens with one attached hydrogen (secondary N) is 1. The summed E-state index contributed by atoms with van der Waals surface area (Å²) in [5.74, 6) is 0.922. The van der Waals surface area contributed by atoms with Crippen molar-refractivity contribution in [3.8, 4) is 11.6 Å². The van der Waals surface area contributed by atoms with Gasteiger partial charge >= 0.3 is 0 Å². The predicted molar refractivity (Wildman–Crippen MR) is 77.2 cm³/mol. The van der Waals surface area contributed by atoms with Gasteiger partial charge < -0.3 is 15.2 Å². The van der Waals surface area contributed by atoms with Crippen LogP contribution in [0.3, 0.4) is 0 Å². The van der Waals surface area contributed by atoms with Crippen LogP contribution < -0.4 is 10.5 Å². The summed E-state index contributed by atoms with van der Waals surface area (Å²) in [5, 5.41) is 7.63. The molecule has 5 heteroatoms. The molecule has 0 saturated heterocycles. The molecule has 0 aliphatic heterocycles. The van der Waals surface area contributed by atoms with Crippen molar-refractivity contribution < 1.29 is 9.47 Å². The van der Waals surface area contributed by atoms with Gasteiger partial charge in [0.15, 0.2) is 0 Å². The lowest BCUT2D eigenvalue weighted by Gasteiger charge is -2.11. The van der Waals surface area contributed by atoms with Gasteiger partial charge in [0.05, 0.1) is 12.2 Å². The van der Waals surface area contributed by atoms with Crippen LogP contribution >= 0.6 is 0 Å². The van der Waals surface area contributed by atoms with E-state index < -0.39 is 0 Å². The Morgan fingerprint density at radius 3 is 2.85 bits per heavy atom. The Labute approximate surface area is 117 Å². The molecule has 0 aliphatic rings. The van der Waals surface area contributed by atoms with Gasteiger partial charge in [0.1, 0.15) is 11.6 Å². The second-order valence-corrected chi connectivity index (χ2v) is 4.40. The Kier molecular flexibility index (Phi) is 4.32. The van der Waals surface area contributed by atoms with Crippen molar-refractivity contribution in [2.24, 2.45) is 5.73 Å². The summed E-state index contributed by atoms with van der Waals surface area (Å²) < 4.78 is 10.8. The van der Waals surface area contributed by atoms with Gasteiger partial charge in [0.25, 0.3) is 0 Å². The van der Waals surface area contributed by atoms with Gasteiger partial charge in [0, 0.05) is 13.3 Å². The number of hydrogen-bond donors (Lipinski definition) is 2. The van der Waals surface area contributed by atoms with Gasteiger partial charge in [-0.2, -0.15) is 0 Å². The van der Waals surface area contributed by atoms with Crippen LogP contribution in [0.15, 0.2) is 36.5 Å². The standard InChI is InChI=1S/C15H17N3O2/c1-10-6-7-18-15(13(10)14(16)17)20-12-5-3-4-11(8-12)9-19-2/h3-8H,9H2,1-2H3,(H3,16,17). The molecule has 2 rings (SSSR count). The number of nitrogens with two attached hydrogens (primary N) is 1. The summed E-state index contributed by atoms with van der Waals surface area (Å²) in [7, 11) is 1.64. The van der Waals surface area contributed by atoms with E-state index in [2.05, 4.69) is 4.98 Å². The maximum absolute atomic E-state index is 7.63. The largest absolute Gasteiger partial charge is 0.438 e. The molecular formula is C15H17N3O2. The van der Waals surface area contributed by atoms with E-state index in [1.165, 1.54) is 0 Å². The van der Waals surface area contributed by atoms with E-state index in [1.807, 2.05) is 31.2 Å². The lowest BCUT2D eigenvalue weighted by molar-refractivity contribution is 0.184. The first-order valence-corrected chi connectivity index (χ1v) is 6.17. The second-order valence-electron chi connectivity index (χ2n) is 4.40. The number of rotatable bonds is 5. The molecule has 0 bridgehead atoms. The van der Waals surface area contributed by atoms with Gasteiger partial charge in [-0.15, -0.1) is 0 Å². The molecule has 0 fully saturated rings. The maximum Gasteiger partial charge on any atom is 0.230 e. The Bertz CT molecular complexity index is 626. The van der Waals surface area contributed by atoms with Crippen molar-refractivity contribution >= 4 is 5.84 Å². The van der Waals surface area contributed by atoms with Crippen molar-refractivity contribution in [2.45, 2.75) is 13.5 Å². The first kappa shape index (κ1) is 14.0. The number of aryl methyl sites for hydroxylation is 1. The second kappa shape index (κ2) is 6.16. The minimum atomic E-state index is -0.0568.